The van der Waals surface area contributed by atoms with E-state index in [4.69, 9.17) is 4.74 Å². The first-order valence-corrected chi connectivity index (χ1v) is 5.07. The van der Waals surface area contributed by atoms with Crippen molar-refractivity contribution in [3.63, 3.8) is 0 Å². The zero-order chi connectivity index (χ0) is 12.1. The molecule has 0 fully saturated rings. The van der Waals surface area contributed by atoms with Crippen molar-refractivity contribution in [2.75, 3.05) is 7.11 Å². The van der Waals surface area contributed by atoms with Gasteiger partial charge in [0.1, 0.15) is 5.75 Å². The van der Waals surface area contributed by atoms with Crippen molar-refractivity contribution in [2.24, 2.45) is 0 Å². The predicted molar refractivity (Wildman–Crippen MR) is 59.2 cm³/mol. The maximum Gasteiger partial charge on any atom is 0.346 e. The highest BCUT2D eigenvalue weighted by atomic mass is 16.6. The fourth-order valence-electron chi connectivity index (χ4n) is 1.34. The number of benzene rings is 1. The van der Waals surface area contributed by atoms with E-state index >= 15 is 0 Å². The summed E-state index contributed by atoms with van der Waals surface area (Å²) in [6.07, 6.45) is -1.33. The molecule has 0 bridgehead atoms. The Morgan fingerprint density at radius 1 is 1.31 bits per heavy atom. The summed E-state index contributed by atoms with van der Waals surface area (Å²) >= 11 is 0. The van der Waals surface area contributed by atoms with Gasteiger partial charge in [-0.2, -0.15) is 0 Å². The van der Waals surface area contributed by atoms with Crippen LogP contribution in [0.5, 0.6) is 5.75 Å². The Hall–Kier alpha value is -1.55. The van der Waals surface area contributed by atoms with E-state index in [9.17, 15) is 9.90 Å². The summed E-state index contributed by atoms with van der Waals surface area (Å²) in [5, 5.41) is 9.52. The number of methoxy groups -OCH3 is 1. The lowest BCUT2D eigenvalue weighted by molar-refractivity contribution is -0.147. The molecule has 0 aromatic heterocycles. The molecule has 2 unspecified atom stereocenters. The Morgan fingerprint density at radius 2 is 1.94 bits per heavy atom. The Balaban J connectivity index is 2.84. The summed E-state index contributed by atoms with van der Waals surface area (Å²) in [4.78, 5) is 11.2. The molecule has 1 aromatic carbocycles. The van der Waals surface area contributed by atoms with Crippen molar-refractivity contribution in [1.82, 2.24) is 0 Å². The van der Waals surface area contributed by atoms with E-state index < -0.39 is 18.2 Å². The minimum Gasteiger partial charge on any atom is -0.479 e. The van der Waals surface area contributed by atoms with E-state index in [2.05, 4.69) is 4.74 Å². The third kappa shape index (κ3) is 2.97. The average Bonchev–Trinajstić information content (AvgIpc) is 2.28. The van der Waals surface area contributed by atoms with Gasteiger partial charge in [0.25, 0.3) is 0 Å². The molecule has 0 saturated heterocycles. The summed E-state index contributed by atoms with van der Waals surface area (Å²) in [6.45, 7) is 3.25. The number of aliphatic hydroxyl groups excluding tert-OH is 1. The summed E-state index contributed by atoms with van der Waals surface area (Å²) in [7, 11) is 1.31. The quantitative estimate of drug-likeness (QED) is 0.790. The van der Waals surface area contributed by atoms with Gasteiger partial charge in [0.05, 0.1) is 13.2 Å². The van der Waals surface area contributed by atoms with E-state index in [1.165, 1.54) is 7.11 Å². The lowest BCUT2D eigenvalue weighted by Gasteiger charge is -2.16. The molecule has 0 aliphatic rings. The van der Waals surface area contributed by atoms with Gasteiger partial charge in [0.2, 0.25) is 0 Å². The molecule has 0 saturated carbocycles. The number of hydrogen-bond acceptors (Lipinski definition) is 4. The monoisotopic (exact) mass is 224 g/mol. The van der Waals surface area contributed by atoms with Crippen LogP contribution in [-0.4, -0.2) is 24.3 Å². The van der Waals surface area contributed by atoms with Crippen LogP contribution in [0, 0.1) is 0 Å². The lowest BCUT2D eigenvalue weighted by Crippen LogP contribution is -2.25. The van der Waals surface area contributed by atoms with E-state index in [1.807, 2.05) is 0 Å². The maximum atomic E-state index is 11.2. The molecule has 0 aliphatic carbocycles. The zero-order valence-corrected chi connectivity index (χ0v) is 9.64. The molecule has 1 rings (SSSR count). The van der Waals surface area contributed by atoms with Crippen LogP contribution in [0.4, 0.5) is 0 Å². The largest absolute Gasteiger partial charge is 0.479 e. The zero-order valence-electron chi connectivity index (χ0n) is 9.64. The van der Waals surface area contributed by atoms with Gasteiger partial charge < -0.3 is 14.6 Å². The van der Waals surface area contributed by atoms with E-state index in [-0.39, 0.29) is 0 Å². The first-order valence-electron chi connectivity index (χ1n) is 5.07. The second kappa shape index (κ2) is 5.51. The van der Waals surface area contributed by atoms with Crippen LogP contribution in [0.2, 0.25) is 0 Å². The van der Waals surface area contributed by atoms with Gasteiger partial charge in [-0.25, -0.2) is 4.79 Å². The van der Waals surface area contributed by atoms with Crippen molar-refractivity contribution in [3.05, 3.63) is 29.8 Å². The SMILES string of the molecule is COC(=O)C(C)Oc1ccccc1C(C)O. The molecular weight excluding hydrogens is 208 g/mol. The number of para-hydroxylation sites is 1. The Kier molecular flexibility index (Phi) is 4.31. The van der Waals surface area contributed by atoms with Crippen molar-refractivity contribution in [2.45, 2.75) is 26.1 Å². The molecule has 4 heteroatoms. The Morgan fingerprint density at radius 3 is 2.50 bits per heavy atom. The van der Waals surface area contributed by atoms with Crippen molar-refractivity contribution in [1.29, 1.82) is 0 Å². The number of esters is 1. The second-order valence-electron chi connectivity index (χ2n) is 3.50. The third-order valence-electron chi connectivity index (χ3n) is 2.21. The number of carbonyl (C=O) groups excluding carboxylic acids is 1. The summed E-state index contributed by atoms with van der Waals surface area (Å²) in [6, 6.07) is 7.05. The molecule has 0 heterocycles. The average molecular weight is 224 g/mol. The van der Waals surface area contributed by atoms with Crippen LogP contribution in [-0.2, 0) is 9.53 Å². The number of carbonyl (C=O) groups is 1. The van der Waals surface area contributed by atoms with Crippen LogP contribution in [0.3, 0.4) is 0 Å². The number of rotatable bonds is 4. The highest BCUT2D eigenvalue weighted by Crippen LogP contribution is 2.25. The molecule has 1 N–H and O–H groups in total. The molecule has 16 heavy (non-hydrogen) atoms. The van der Waals surface area contributed by atoms with E-state index in [0.29, 0.717) is 11.3 Å². The van der Waals surface area contributed by atoms with Crippen LogP contribution in [0.25, 0.3) is 0 Å². The molecule has 0 aliphatic heterocycles. The lowest BCUT2D eigenvalue weighted by atomic mass is 10.1. The van der Waals surface area contributed by atoms with Gasteiger partial charge in [-0.15, -0.1) is 0 Å². The molecular formula is C12H16O4. The maximum absolute atomic E-state index is 11.2. The molecule has 0 spiro atoms. The topological polar surface area (TPSA) is 55.8 Å². The van der Waals surface area contributed by atoms with Crippen LogP contribution < -0.4 is 4.74 Å². The fraction of sp³-hybridized carbons (Fsp3) is 0.417. The molecule has 88 valence electrons. The number of hydrogen-bond donors (Lipinski definition) is 1. The van der Waals surface area contributed by atoms with Crippen molar-refractivity contribution < 1.29 is 19.4 Å². The third-order valence-corrected chi connectivity index (χ3v) is 2.21. The Bertz CT molecular complexity index is 360. The van der Waals surface area contributed by atoms with Gasteiger partial charge in [-0.3, -0.25) is 0 Å². The number of aliphatic hydroxyl groups is 1. The minimum absolute atomic E-state index is 0.444. The second-order valence-corrected chi connectivity index (χ2v) is 3.50. The highest BCUT2D eigenvalue weighted by molar-refractivity contribution is 5.74. The van der Waals surface area contributed by atoms with Crippen LogP contribution in [0.1, 0.15) is 25.5 Å². The van der Waals surface area contributed by atoms with Crippen LogP contribution >= 0.6 is 0 Å². The number of ether oxygens (including phenoxy) is 2. The van der Waals surface area contributed by atoms with Gasteiger partial charge in [0, 0.05) is 5.56 Å². The minimum atomic E-state index is -0.690. The van der Waals surface area contributed by atoms with E-state index in [1.54, 1.807) is 38.1 Å². The highest BCUT2D eigenvalue weighted by Gasteiger charge is 2.17. The molecule has 2 atom stereocenters. The fourth-order valence-corrected chi connectivity index (χ4v) is 1.34. The van der Waals surface area contributed by atoms with Crippen molar-refractivity contribution in [3.8, 4) is 5.75 Å². The molecule has 0 amide bonds. The van der Waals surface area contributed by atoms with Gasteiger partial charge in [-0.05, 0) is 19.9 Å². The standard InChI is InChI=1S/C12H16O4/c1-8(13)10-6-4-5-7-11(10)16-9(2)12(14)15-3/h4-9,13H,1-3H3. The smallest absolute Gasteiger partial charge is 0.346 e. The first kappa shape index (κ1) is 12.5. The van der Waals surface area contributed by atoms with Crippen molar-refractivity contribution >= 4 is 5.97 Å². The summed E-state index contributed by atoms with van der Waals surface area (Å²) in [5.74, 6) is 0.0517. The van der Waals surface area contributed by atoms with Gasteiger partial charge in [0.15, 0.2) is 6.10 Å². The Labute approximate surface area is 94.8 Å². The molecule has 0 radical (unpaired) electrons. The molecule has 1 aromatic rings. The van der Waals surface area contributed by atoms with E-state index in [0.717, 1.165) is 0 Å². The predicted octanol–water partition coefficient (Wildman–Crippen LogP) is 1.68. The van der Waals surface area contributed by atoms with Gasteiger partial charge >= 0.3 is 5.97 Å². The summed E-state index contributed by atoms with van der Waals surface area (Å²) in [5.41, 5.74) is 0.651. The van der Waals surface area contributed by atoms with Gasteiger partial charge in [-0.1, -0.05) is 18.2 Å². The first-order chi connectivity index (χ1) is 7.56. The summed E-state index contributed by atoms with van der Waals surface area (Å²) < 4.78 is 9.98. The van der Waals surface area contributed by atoms with Crippen LogP contribution in [0.15, 0.2) is 24.3 Å². The normalized spacial score (nSPS) is 14.0. The molecule has 4 nitrogen and oxygen atoms in total.